The van der Waals surface area contributed by atoms with E-state index in [1.54, 1.807) is 30.3 Å². The van der Waals surface area contributed by atoms with E-state index in [2.05, 4.69) is 10.3 Å². The highest BCUT2D eigenvalue weighted by molar-refractivity contribution is 6.29. The number of halogens is 1. The van der Waals surface area contributed by atoms with Crippen molar-refractivity contribution in [3.8, 4) is 5.75 Å². The molecule has 1 amide bonds. The number of hydrogen-bond donors (Lipinski definition) is 2. The number of nitrogens with one attached hydrogen (secondary N) is 1. The van der Waals surface area contributed by atoms with Crippen LogP contribution in [0.4, 0.5) is 5.69 Å². The van der Waals surface area contributed by atoms with Crippen molar-refractivity contribution in [3.05, 3.63) is 53.3 Å². The van der Waals surface area contributed by atoms with Gasteiger partial charge in [-0.05, 0) is 24.3 Å². The number of carbonyl (C=O) groups is 2. The molecule has 0 spiro atoms. The van der Waals surface area contributed by atoms with Crippen LogP contribution in [0.3, 0.4) is 0 Å². The van der Waals surface area contributed by atoms with Crippen LogP contribution in [-0.2, 0) is 4.79 Å². The van der Waals surface area contributed by atoms with E-state index in [1.807, 2.05) is 0 Å². The minimum atomic E-state index is -1.08. The Labute approximate surface area is 125 Å². The summed E-state index contributed by atoms with van der Waals surface area (Å²) in [6.07, 6.45) is 0. The molecule has 1 heterocycles. The van der Waals surface area contributed by atoms with Gasteiger partial charge in [-0.2, -0.15) is 0 Å². The summed E-state index contributed by atoms with van der Waals surface area (Å²) in [6, 6.07) is 11.1. The molecule has 0 saturated heterocycles. The van der Waals surface area contributed by atoms with Crippen LogP contribution in [0.15, 0.2) is 42.5 Å². The van der Waals surface area contributed by atoms with E-state index in [-0.39, 0.29) is 10.8 Å². The molecular weight excluding hydrogens is 296 g/mol. The summed E-state index contributed by atoms with van der Waals surface area (Å²) in [4.78, 5) is 26.3. The van der Waals surface area contributed by atoms with Gasteiger partial charge in [-0.1, -0.05) is 23.7 Å². The Hall–Kier alpha value is -2.60. The Morgan fingerprint density at radius 1 is 1.24 bits per heavy atom. The number of anilines is 1. The van der Waals surface area contributed by atoms with Gasteiger partial charge >= 0.3 is 5.97 Å². The van der Waals surface area contributed by atoms with Crippen molar-refractivity contribution in [3.63, 3.8) is 0 Å². The fourth-order valence-corrected chi connectivity index (χ4v) is 1.70. The molecule has 108 valence electrons. The Morgan fingerprint density at radius 3 is 2.71 bits per heavy atom. The Kier molecular flexibility index (Phi) is 4.73. The third-order valence-electron chi connectivity index (χ3n) is 2.40. The van der Waals surface area contributed by atoms with Gasteiger partial charge in [-0.3, -0.25) is 4.79 Å². The summed E-state index contributed by atoms with van der Waals surface area (Å²) in [6.45, 7) is -0.451. The molecule has 0 aliphatic rings. The van der Waals surface area contributed by atoms with Crippen LogP contribution in [0.5, 0.6) is 5.75 Å². The topological polar surface area (TPSA) is 88.5 Å². The van der Waals surface area contributed by atoms with Crippen molar-refractivity contribution in [2.75, 3.05) is 11.9 Å². The van der Waals surface area contributed by atoms with Crippen molar-refractivity contribution in [1.29, 1.82) is 0 Å². The molecule has 0 aliphatic heterocycles. The van der Waals surface area contributed by atoms with E-state index in [0.29, 0.717) is 11.4 Å². The van der Waals surface area contributed by atoms with Gasteiger partial charge in [0.15, 0.2) is 6.61 Å². The molecular formula is C14H11ClN2O4. The van der Waals surface area contributed by atoms with Crippen molar-refractivity contribution in [2.24, 2.45) is 0 Å². The number of carbonyl (C=O) groups excluding carboxylic acids is 1. The molecule has 0 atom stereocenters. The van der Waals surface area contributed by atoms with Gasteiger partial charge in [0.1, 0.15) is 16.6 Å². The number of carboxylic acids is 1. The molecule has 6 nitrogen and oxygen atoms in total. The largest absolute Gasteiger partial charge is 0.482 e. The lowest BCUT2D eigenvalue weighted by atomic mass is 10.2. The molecule has 2 aromatic rings. The second-order valence-electron chi connectivity index (χ2n) is 4.01. The predicted octanol–water partition coefficient (Wildman–Crippen LogP) is 2.45. The molecule has 0 radical (unpaired) electrons. The molecule has 0 saturated carbocycles. The van der Waals surface area contributed by atoms with E-state index in [0.717, 1.165) is 0 Å². The first-order chi connectivity index (χ1) is 10.0. The van der Waals surface area contributed by atoms with Gasteiger partial charge in [0.05, 0.1) is 0 Å². The SMILES string of the molecule is O=C(O)COc1cccc(NC(=O)c2cccc(Cl)n2)c1. The summed E-state index contributed by atoms with van der Waals surface area (Å²) in [7, 11) is 0. The third-order valence-corrected chi connectivity index (χ3v) is 2.61. The minimum Gasteiger partial charge on any atom is -0.482 e. The molecule has 2 N–H and O–H groups in total. The summed E-state index contributed by atoms with van der Waals surface area (Å²) in [5, 5.41) is 11.4. The summed E-state index contributed by atoms with van der Waals surface area (Å²) >= 11 is 5.72. The van der Waals surface area contributed by atoms with Crippen LogP contribution in [0.2, 0.25) is 5.15 Å². The van der Waals surface area contributed by atoms with E-state index in [4.69, 9.17) is 21.4 Å². The second kappa shape index (κ2) is 6.71. The number of aromatic nitrogens is 1. The van der Waals surface area contributed by atoms with Crippen LogP contribution in [0.1, 0.15) is 10.5 Å². The molecule has 1 aromatic heterocycles. The highest BCUT2D eigenvalue weighted by atomic mass is 35.5. The van der Waals surface area contributed by atoms with Gasteiger partial charge in [0, 0.05) is 11.8 Å². The highest BCUT2D eigenvalue weighted by Gasteiger charge is 2.09. The fourth-order valence-electron chi connectivity index (χ4n) is 1.54. The van der Waals surface area contributed by atoms with Crippen molar-refractivity contribution >= 4 is 29.2 Å². The molecule has 0 fully saturated rings. The zero-order valence-electron chi connectivity index (χ0n) is 10.7. The molecule has 0 aliphatic carbocycles. The number of amides is 1. The number of benzene rings is 1. The molecule has 1 aromatic carbocycles. The van der Waals surface area contributed by atoms with Gasteiger partial charge in [0.25, 0.3) is 5.91 Å². The lowest BCUT2D eigenvalue weighted by Gasteiger charge is -2.07. The molecule has 0 bridgehead atoms. The Morgan fingerprint density at radius 2 is 2.00 bits per heavy atom. The fraction of sp³-hybridized carbons (Fsp3) is 0.0714. The normalized spacial score (nSPS) is 9.95. The van der Waals surface area contributed by atoms with Crippen molar-refractivity contribution in [1.82, 2.24) is 4.98 Å². The number of carboxylic acid groups (broad SMARTS) is 1. The zero-order valence-corrected chi connectivity index (χ0v) is 11.5. The van der Waals surface area contributed by atoms with Crippen LogP contribution < -0.4 is 10.1 Å². The number of nitrogens with zero attached hydrogens (tertiary/aromatic N) is 1. The number of pyridine rings is 1. The quantitative estimate of drug-likeness (QED) is 0.828. The minimum absolute atomic E-state index is 0.180. The maximum absolute atomic E-state index is 12.0. The Bertz CT molecular complexity index is 676. The second-order valence-corrected chi connectivity index (χ2v) is 4.40. The highest BCUT2D eigenvalue weighted by Crippen LogP contribution is 2.18. The average molecular weight is 307 g/mol. The standard InChI is InChI=1S/C14H11ClN2O4/c15-12-6-2-5-11(17-12)14(20)16-9-3-1-4-10(7-9)21-8-13(18)19/h1-7H,8H2,(H,16,20)(H,18,19). The van der Waals surface area contributed by atoms with E-state index in [1.165, 1.54) is 12.1 Å². The van der Waals surface area contributed by atoms with Crippen LogP contribution >= 0.6 is 11.6 Å². The molecule has 2 rings (SSSR count). The Balaban J connectivity index is 2.07. The first kappa shape index (κ1) is 14.8. The maximum atomic E-state index is 12.0. The van der Waals surface area contributed by atoms with E-state index >= 15 is 0 Å². The monoisotopic (exact) mass is 306 g/mol. The van der Waals surface area contributed by atoms with Gasteiger partial charge in [0.2, 0.25) is 0 Å². The zero-order chi connectivity index (χ0) is 15.2. The van der Waals surface area contributed by atoms with Gasteiger partial charge in [-0.15, -0.1) is 0 Å². The summed E-state index contributed by atoms with van der Waals surface area (Å²) in [5.41, 5.74) is 0.643. The van der Waals surface area contributed by atoms with E-state index in [9.17, 15) is 9.59 Å². The van der Waals surface area contributed by atoms with Crippen LogP contribution in [0, 0.1) is 0 Å². The molecule has 0 unspecified atom stereocenters. The lowest BCUT2D eigenvalue weighted by molar-refractivity contribution is -0.139. The third kappa shape index (κ3) is 4.47. The first-order valence-corrected chi connectivity index (χ1v) is 6.31. The van der Waals surface area contributed by atoms with Crippen molar-refractivity contribution < 1.29 is 19.4 Å². The summed E-state index contributed by atoms with van der Waals surface area (Å²) in [5.74, 6) is -1.16. The predicted molar refractivity (Wildman–Crippen MR) is 76.8 cm³/mol. The molecule has 21 heavy (non-hydrogen) atoms. The average Bonchev–Trinajstić information content (AvgIpc) is 2.45. The van der Waals surface area contributed by atoms with Gasteiger partial charge in [-0.25, -0.2) is 9.78 Å². The van der Waals surface area contributed by atoms with E-state index < -0.39 is 18.5 Å². The number of rotatable bonds is 5. The number of aliphatic carboxylic acids is 1. The van der Waals surface area contributed by atoms with Crippen LogP contribution in [0.25, 0.3) is 0 Å². The van der Waals surface area contributed by atoms with Crippen molar-refractivity contribution in [2.45, 2.75) is 0 Å². The number of hydrogen-bond acceptors (Lipinski definition) is 4. The lowest BCUT2D eigenvalue weighted by Crippen LogP contribution is -2.14. The number of ether oxygens (including phenoxy) is 1. The smallest absolute Gasteiger partial charge is 0.341 e. The first-order valence-electron chi connectivity index (χ1n) is 5.93. The summed E-state index contributed by atoms with van der Waals surface area (Å²) < 4.78 is 5.03. The van der Waals surface area contributed by atoms with Gasteiger partial charge < -0.3 is 15.2 Å². The maximum Gasteiger partial charge on any atom is 0.341 e. The van der Waals surface area contributed by atoms with Crippen LogP contribution in [-0.4, -0.2) is 28.6 Å². The molecule has 7 heteroatoms.